The van der Waals surface area contributed by atoms with Gasteiger partial charge in [0.15, 0.2) is 10.8 Å². The van der Waals surface area contributed by atoms with Crippen molar-refractivity contribution in [2.45, 2.75) is 19.1 Å². The maximum absolute atomic E-state index is 12.9. The Morgan fingerprint density at radius 2 is 1.77 bits per heavy atom. The van der Waals surface area contributed by atoms with E-state index in [4.69, 9.17) is 0 Å². The van der Waals surface area contributed by atoms with Gasteiger partial charge >= 0.3 is 6.18 Å². The first-order chi connectivity index (χ1) is 14.9. The number of rotatable bonds is 4. The van der Waals surface area contributed by atoms with Gasteiger partial charge in [-0.05, 0) is 30.2 Å². The standard InChI is InChI=1S/C21H20F3N5OS/c22-21(23,24)16-5-3-15(4-6-16)13-28-9-2-10-29(12-11-28)20(30)17-14-31-19(27-17)18-25-7-1-8-26-18/h1,3-8,14H,2,9-13H2. The highest BCUT2D eigenvalue weighted by atomic mass is 32.1. The largest absolute Gasteiger partial charge is 0.416 e. The third-order valence-electron chi connectivity index (χ3n) is 5.04. The van der Waals surface area contributed by atoms with Crippen molar-refractivity contribution >= 4 is 17.2 Å². The first kappa shape index (κ1) is 21.4. The average molecular weight is 447 g/mol. The molecular weight excluding hydrogens is 427 g/mol. The van der Waals surface area contributed by atoms with Crippen LogP contribution in [0.4, 0.5) is 13.2 Å². The van der Waals surface area contributed by atoms with Crippen molar-refractivity contribution in [3.8, 4) is 10.8 Å². The number of carbonyl (C=O) groups is 1. The normalized spacial score (nSPS) is 15.6. The molecule has 0 aliphatic carbocycles. The Balaban J connectivity index is 1.36. The van der Waals surface area contributed by atoms with Crippen LogP contribution in [0.1, 0.15) is 28.0 Å². The zero-order valence-corrected chi connectivity index (χ0v) is 17.4. The van der Waals surface area contributed by atoms with Crippen LogP contribution in [0.3, 0.4) is 0 Å². The minimum absolute atomic E-state index is 0.130. The van der Waals surface area contributed by atoms with Gasteiger partial charge in [0.25, 0.3) is 5.91 Å². The molecule has 4 rings (SSSR count). The lowest BCUT2D eigenvalue weighted by atomic mass is 10.1. The van der Waals surface area contributed by atoms with Crippen molar-refractivity contribution in [1.82, 2.24) is 24.8 Å². The molecule has 10 heteroatoms. The fourth-order valence-electron chi connectivity index (χ4n) is 3.44. The molecule has 3 heterocycles. The first-order valence-electron chi connectivity index (χ1n) is 9.81. The minimum atomic E-state index is -4.33. The highest BCUT2D eigenvalue weighted by Crippen LogP contribution is 2.29. The van der Waals surface area contributed by atoms with Crippen LogP contribution in [0, 0.1) is 0 Å². The van der Waals surface area contributed by atoms with E-state index in [1.807, 2.05) is 0 Å². The van der Waals surface area contributed by atoms with Crippen molar-refractivity contribution in [1.29, 1.82) is 0 Å². The molecule has 0 spiro atoms. The number of carbonyl (C=O) groups excluding carboxylic acids is 1. The molecule has 1 aromatic carbocycles. The summed E-state index contributed by atoms with van der Waals surface area (Å²) in [6.07, 6.45) is -0.286. The van der Waals surface area contributed by atoms with Gasteiger partial charge in [-0.2, -0.15) is 13.2 Å². The summed E-state index contributed by atoms with van der Waals surface area (Å²) >= 11 is 1.33. The molecule has 0 N–H and O–H groups in total. The number of halogens is 3. The zero-order valence-electron chi connectivity index (χ0n) is 16.5. The predicted octanol–water partition coefficient (Wildman–Crippen LogP) is 3.97. The van der Waals surface area contributed by atoms with Gasteiger partial charge in [-0.15, -0.1) is 11.3 Å². The van der Waals surface area contributed by atoms with Crippen LogP contribution in [0.25, 0.3) is 10.8 Å². The number of thiazole rings is 1. The predicted molar refractivity (Wildman–Crippen MR) is 110 cm³/mol. The monoisotopic (exact) mass is 447 g/mol. The third kappa shape index (κ3) is 5.26. The van der Waals surface area contributed by atoms with Crippen LogP contribution >= 0.6 is 11.3 Å². The highest BCUT2D eigenvalue weighted by Gasteiger charge is 2.30. The van der Waals surface area contributed by atoms with Crippen molar-refractivity contribution in [3.05, 3.63) is 64.9 Å². The molecule has 3 aromatic rings. The second kappa shape index (κ2) is 9.11. The Bertz CT molecular complexity index is 1020. The molecule has 0 bridgehead atoms. The lowest BCUT2D eigenvalue weighted by molar-refractivity contribution is -0.137. The number of amides is 1. The van der Waals surface area contributed by atoms with E-state index >= 15 is 0 Å². The summed E-state index contributed by atoms with van der Waals surface area (Å²) in [6.45, 7) is 3.11. The summed E-state index contributed by atoms with van der Waals surface area (Å²) in [5, 5.41) is 2.32. The molecule has 2 aromatic heterocycles. The summed E-state index contributed by atoms with van der Waals surface area (Å²) < 4.78 is 38.2. The summed E-state index contributed by atoms with van der Waals surface area (Å²) in [7, 11) is 0. The highest BCUT2D eigenvalue weighted by molar-refractivity contribution is 7.13. The maximum Gasteiger partial charge on any atom is 0.416 e. The second-order valence-electron chi connectivity index (χ2n) is 7.23. The van der Waals surface area contributed by atoms with Gasteiger partial charge in [-0.25, -0.2) is 15.0 Å². The molecule has 0 unspecified atom stereocenters. The maximum atomic E-state index is 12.9. The van der Waals surface area contributed by atoms with Crippen LogP contribution in [0.5, 0.6) is 0 Å². The summed E-state index contributed by atoms with van der Waals surface area (Å²) in [6, 6.07) is 6.97. The fourth-order valence-corrected chi connectivity index (χ4v) is 4.17. The number of nitrogens with zero attached hydrogens (tertiary/aromatic N) is 5. The van der Waals surface area contributed by atoms with Gasteiger partial charge in [0.05, 0.1) is 5.56 Å². The SMILES string of the molecule is O=C(c1csc(-c2ncccn2)n1)N1CCCN(Cc2ccc(C(F)(F)F)cc2)CC1. The van der Waals surface area contributed by atoms with Crippen molar-refractivity contribution in [2.75, 3.05) is 26.2 Å². The van der Waals surface area contributed by atoms with Crippen LogP contribution in [0.2, 0.25) is 0 Å². The Morgan fingerprint density at radius 3 is 2.48 bits per heavy atom. The number of aromatic nitrogens is 3. The van der Waals surface area contributed by atoms with E-state index in [1.54, 1.807) is 28.7 Å². The second-order valence-corrected chi connectivity index (χ2v) is 8.08. The molecule has 1 aliphatic heterocycles. The first-order valence-corrected chi connectivity index (χ1v) is 10.7. The molecule has 0 saturated carbocycles. The number of benzene rings is 1. The van der Waals surface area contributed by atoms with Gasteiger partial charge in [-0.1, -0.05) is 12.1 Å². The Hall–Kier alpha value is -2.85. The molecule has 0 radical (unpaired) electrons. The lowest BCUT2D eigenvalue weighted by Crippen LogP contribution is -2.35. The van der Waals surface area contributed by atoms with Crippen LogP contribution in [-0.4, -0.2) is 56.8 Å². The van der Waals surface area contributed by atoms with Gasteiger partial charge < -0.3 is 4.90 Å². The average Bonchev–Trinajstić information content (AvgIpc) is 3.15. The smallest absolute Gasteiger partial charge is 0.336 e. The Morgan fingerprint density at radius 1 is 1.03 bits per heavy atom. The zero-order chi connectivity index (χ0) is 21.8. The molecular formula is C21H20F3N5OS. The van der Waals surface area contributed by atoms with E-state index in [-0.39, 0.29) is 5.91 Å². The summed E-state index contributed by atoms with van der Waals surface area (Å²) in [5.41, 5.74) is 0.552. The quantitative estimate of drug-likeness (QED) is 0.606. The molecule has 1 saturated heterocycles. The van der Waals surface area contributed by atoms with E-state index < -0.39 is 11.7 Å². The van der Waals surface area contributed by atoms with E-state index in [0.29, 0.717) is 42.7 Å². The van der Waals surface area contributed by atoms with Crippen LogP contribution < -0.4 is 0 Å². The van der Waals surface area contributed by atoms with E-state index in [1.165, 1.54) is 23.5 Å². The van der Waals surface area contributed by atoms with Gasteiger partial charge in [0.1, 0.15) is 5.69 Å². The van der Waals surface area contributed by atoms with Crippen molar-refractivity contribution in [3.63, 3.8) is 0 Å². The molecule has 1 amide bonds. The van der Waals surface area contributed by atoms with Crippen molar-refractivity contribution in [2.24, 2.45) is 0 Å². The molecule has 162 valence electrons. The third-order valence-corrected chi connectivity index (χ3v) is 5.88. The van der Waals surface area contributed by atoms with Crippen molar-refractivity contribution < 1.29 is 18.0 Å². The Kier molecular flexibility index (Phi) is 6.28. The molecule has 6 nitrogen and oxygen atoms in total. The molecule has 1 aliphatic rings. The Labute approximate surface area is 181 Å². The number of alkyl halides is 3. The molecule has 0 atom stereocenters. The van der Waals surface area contributed by atoms with Gasteiger partial charge in [-0.3, -0.25) is 9.69 Å². The summed E-state index contributed by atoms with van der Waals surface area (Å²) in [5.74, 6) is 0.361. The fraction of sp³-hybridized carbons (Fsp3) is 0.333. The summed E-state index contributed by atoms with van der Waals surface area (Å²) in [4.78, 5) is 29.5. The van der Waals surface area contributed by atoms with Gasteiger partial charge in [0.2, 0.25) is 0 Å². The molecule has 31 heavy (non-hydrogen) atoms. The van der Waals surface area contributed by atoms with Crippen LogP contribution in [0.15, 0.2) is 48.1 Å². The van der Waals surface area contributed by atoms with E-state index in [0.717, 1.165) is 30.7 Å². The topological polar surface area (TPSA) is 62.2 Å². The van der Waals surface area contributed by atoms with E-state index in [9.17, 15) is 18.0 Å². The van der Waals surface area contributed by atoms with Crippen LogP contribution in [-0.2, 0) is 12.7 Å². The minimum Gasteiger partial charge on any atom is -0.336 e. The molecule has 1 fully saturated rings. The number of hydrogen-bond acceptors (Lipinski definition) is 6. The van der Waals surface area contributed by atoms with Gasteiger partial charge in [0, 0.05) is 50.5 Å². The lowest BCUT2D eigenvalue weighted by Gasteiger charge is -2.21. The van der Waals surface area contributed by atoms with E-state index in [2.05, 4.69) is 19.9 Å². The number of hydrogen-bond donors (Lipinski definition) is 0.